The number of halogens is 1. The highest BCUT2D eigenvalue weighted by atomic mass is 35.5. The molecule has 3 aromatic rings. The highest BCUT2D eigenvalue weighted by Crippen LogP contribution is 2.27. The number of benzene rings is 2. The third kappa shape index (κ3) is 1.87. The molecule has 0 unspecified atom stereocenters. The molecule has 3 heteroatoms. The van der Waals surface area contributed by atoms with Crippen LogP contribution in [0.4, 0.5) is 0 Å². The van der Waals surface area contributed by atoms with E-state index < -0.39 is 0 Å². The van der Waals surface area contributed by atoms with Crippen molar-refractivity contribution in [3.05, 3.63) is 60.0 Å². The zero-order valence-corrected chi connectivity index (χ0v) is 9.72. The molecule has 0 fully saturated rings. The number of hydrogen-bond donors (Lipinski definition) is 0. The van der Waals surface area contributed by atoms with E-state index in [1.807, 2.05) is 24.3 Å². The first-order valence-corrected chi connectivity index (χ1v) is 5.68. The summed E-state index contributed by atoms with van der Waals surface area (Å²) in [5, 5.41) is 2.76. The summed E-state index contributed by atoms with van der Waals surface area (Å²) in [6.45, 7) is 0. The van der Waals surface area contributed by atoms with Crippen molar-refractivity contribution < 1.29 is 0 Å². The Morgan fingerprint density at radius 1 is 0.882 bits per heavy atom. The van der Waals surface area contributed by atoms with Gasteiger partial charge in [0.1, 0.15) is 5.15 Å². The first-order chi connectivity index (χ1) is 8.34. The lowest BCUT2D eigenvalue weighted by molar-refractivity contribution is 1.21. The summed E-state index contributed by atoms with van der Waals surface area (Å²) < 4.78 is 0. The van der Waals surface area contributed by atoms with E-state index in [4.69, 9.17) is 11.6 Å². The Hall–Kier alpha value is -1.93. The standard InChI is InChI=1S/C14H9ClN2/c15-14-9-16-8-13(17-14)12-7-3-5-10-4-1-2-6-11(10)12/h1-9H. The normalized spacial score (nSPS) is 10.6. The molecule has 0 amide bonds. The van der Waals surface area contributed by atoms with Gasteiger partial charge in [-0.05, 0) is 10.8 Å². The lowest BCUT2D eigenvalue weighted by atomic mass is 10.0. The quantitative estimate of drug-likeness (QED) is 0.644. The van der Waals surface area contributed by atoms with Crippen molar-refractivity contribution in [1.82, 2.24) is 9.97 Å². The van der Waals surface area contributed by atoms with Crippen LogP contribution in [0.5, 0.6) is 0 Å². The van der Waals surface area contributed by atoms with Crippen LogP contribution in [-0.4, -0.2) is 9.97 Å². The van der Waals surface area contributed by atoms with Gasteiger partial charge in [0.2, 0.25) is 0 Å². The largest absolute Gasteiger partial charge is 0.259 e. The molecule has 1 aromatic heterocycles. The maximum absolute atomic E-state index is 5.87. The zero-order valence-electron chi connectivity index (χ0n) is 8.97. The van der Waals surface area contributed by atoms with Gasteiger partial charge in [-0.2, -0.15) is 0 Å². The molecule has 0 saturated heterocycles. The third-order valence-corrected chi connectivity index (χ3v) is 2.85. The monoisotopic (exact) mass is 240 g/mol. The molecule has 0 aliphatic carbocycles. The second-order valence-electron chi connectivity index (χ2n) is 3.75. The molecule has 0 spiro atoms. The molecule has 0 aliphatic rings. The lowest BCUT2D eigenvalue weighted by Gasteiger charge is -2.05. The van der Waals surface area contributed by atoms with E-state index in [9.17, 15) is 0 Å². The molecule has 0 bridgehead atoms. The van der Waals surface area contributed by atoms with Gasteiger partial charge in [0.25, 0.3) is 0 Å². The van der Waals surface area contributed by atoms with Crippen molar-refractivity contribution in [2.75, 3.05) is 0 Å². The maximum atomic E-state index is 5.87. The molecule has 2 nitrogen and oxygen atoms in total. The Labute approximate surface area is 104 Å². The van der Waals surface area contributed by atoms with Crippen molar-refractivity contribution in [2.45, 2.75) is 0 Å². The van der Waals surface area contributed by atoms with Gasteiger partial charge in [-0.25, -0.2) is 4.98 Å². The van der Waals surface area contributed by atoms with E-state index in [2.05, 4.69) is 28.2 Å². The Bertz CT molecular complexity index is 674. The number of aromatic nitrogens is 2. The van der Waals surface area contributed by atoms with Crippen LogP contribution in [0.2, 0.25) is 5.15 Å². The van der Waals surface area contributed by atoms with Crippen LogP contribution in [0.3, 0.4) is 0 Å². The second-order valence-corrected chi connectivity index (χ2v) is 4.14. The van der Waals surface area contributed by atoms with E-state index >= 15 is 0 Å². The fourth-order valence-electron chi connectivity index (χ4n) is 1.92. The Kier molecular flexibility index (Phi) is 2.50. The summed E-state index contributed by atoms with van der Waals surface area (Å²) >= 11 is 5.87. The van der Waals surface area contributed by atoms with Crippen LogP contribution >= 0.6 is 11.6 Å². The van der Waals surface area contributed by atoms with Gasteiger partial charge in [0.05, 0.1) is 18.1 Å². The summed E-state index contributed by atoms with van der Waals surface area (Å²) in [7, 11) is 0. The van der Waals surface area contributed by atoms with Crippen molar-refractivity contribution in [2.24, 2.45) is 0 Å². The van der Waals surface area contributed by atoms with Crippen molar-refractivity contribution in [3.63, 3.8) is 0 Å². The summed E-state index contributed by atoms with van der Waals surface area (Å²) in [6.07, 6.45) is 3.27. The Balaban J connectivity index is 2.30. The lowest BCUT2D eigenvalue weighted by Crippen LogP contribution is -1.87. The van der Waals surface area contributed by atoms with Crippen molar-refractivity contribution >= 4 is 22.4 Å². The minimum atomic E-state index is 0.412. The minimum absolute atomic E-state index is 0.412. The molecule has 17 heavy (non-hydrogen) atoms. The average molecular weight is 241 g/mol. The molecule has 0 aliphatic heterocycles. The molecule has 0 radical (unpaired) electrons. The van der Waals surface area contributed by atoms with Gasteiger partial charge in [0, 0.05) is 5.56 Å². The molecule has 0 atom stereocenters. The van der Waals surface area contributed by atoms with Gasteiger partial charge in [-0.1, -0.05) is 54.1 Å². The van der Waals surface area contributed by atoms with E-state index in [0.29, 0.717) is 5.15 Å². The van der Waals surface area contributed by atoms with E-state index in [1.165, 1.54) is 11.6 Å². The van der Waals surface area contributed by atoms with Crippen LogP contribution in [0.15, 0.2) is 54.9 Å². The van der Waals surface area contributed by atoms with Crippen LogP contribution in [0, 0.1) is 0 Å². The fourth-order valence-corrected chi connectivity index (χ4v) is 2.07. The first-order valence-electron chi connectivity index (χ1n) is 5.30. The van der Waals surface area contributed by atoms with Gasteiger partial charge in [0.15, 0.2) is 0 Å². The molecule has 82 valence electrons. The summed E-state index contributed by atoms with van der Waals surface area (Å²) in [4.78, 5) is 8.37. The predicted octanol–water partition coefficient (Wildman–Crippen LogP) is 3.95. The number of rotatable bonds is 1. The first kappa shape index (κ1) is 10.2. The summed E-state index contributed by atoms with van der Waals surface area (Å²) in [5.74, 6) is 0. The van der Waals surface area contributed by atoms with Gasteiger partial charge >= 0.3 is 0 Å². The molecule has 1 heterocycles. The molecule has 0 saturated carbocycles. The Morgan fingerprint density at radius 3 is 2.59 bits per heavy atom. The van der Waals surface area contributed by atoms with Crippen LogP contribution in [0.25, 0.3) is 22.0 Å². The number of fused-ring (bicyclic) bond motifs is 1. The predicted molar refractivity (Wildman–Crippen MR) is 70.0 cm³/mol. The van der Waals surface area contributed by atoms with E-state index in [0.717, 1.165) is 16.6 Å². The molecule has 0 N–H and O–H groups in total. The summed E-state index contributed by atoms with van der Waals surface area (Å²) in [5.41, 5.74) is 1.85. The van der Waals surface area contributed by atoms with Crippen molar-refractivity contribution in [3.8, 4) is 11.3 Å². The topological polar surface area (TPSA) is 25.8 Å². The van der Waals surface area contributed by atoms with Gasteiger partial charge in [-0.3, -0.25) is 4.98 Å². The number of nitrogens with zero attached hydrogens (tertiary/aromatic N) is 2. The fraction of sp³-hybridized carbons (Fsp3) is 0. The highest BCUT2D eigenvalue weighted by Gasteiger charge is 2.05. The minimum Gasteiger partial charge on any atom is -0.259 e. The maximum Gasteiger partial charge on any atom is 0.148 e. The highest BCUT2D eigenvalue weighted by molar-refractivity contribution is 6.29. The Morgan fingerprint density at radius 2 is 1.71 bits per heavy atom. The molecular formula is C14H9ClN2. The molecule has 3 rings (SSSR count). The van der Waals surface area contributed by atoms with Crippen LogP contribution in [-0.2, 0) is 0 Å². The van der Waals surface area contributed by atoms with Crippen LogP contribution in [0.1, 0.15) is 0 Å². The van der Waals surface area contributed by atoms with Gasteiger partial charge < -0.3 is 0 Å². The second kappa shape index (κ2) is 4.15. The third-order valence-electron chi connectivity index (χ3n) is 2.67. The van der Waals surface area contributed by atoms with E-state index in [1.54, 1.807) is 6.20 Å². The summed E-state index contributed by atoms with van der Waals surface area (Å²) in [6, 6.07) is 14.3. The van der Waals surface area contributed by atoms with Crippen LogP contribution < -0.4 is 0 Å². The molecular weight excluding hydrogens is 232 g/mol. The smallest absolute Gasteiger partial charge is 0.148 e. The number of hydrogen-bond acceptors (Lipinski definition) is 2. The molecule has 2 aromatic carbocycles. The average Bonchev–Trinajstić information content (AvgIpc) is 2.38. The van der Waals surface area contributed by atoms with Gasteiger partial charge in [-0.15, -0.1) is 0 Å². The zero-order chi connectivity index (χ0) is 11.7. The van der Waals surface area contributed by atoms with E-state index in [-0.39, 0.29) is 0 Å². The van der Waals surface area contributed by atoms with Crippen molar-refractivity contribution in [1.29, 1.82) is 0 Å². The SMILES string of the molecule is Clc1cncc(-c2cccc3ccccc23)n1.